The molecule has 1 aliphatic rings. The van der Waals surface area contributed by atoms with E-state index in [0.717, 1.165) is 12.0 Å². The van der Waals surface area contributed by atoms with Crippen LogP contribution in [0.5, 0.6) is 5.75 Å². The Hall–Kier alpha value is -3.42. The Morgan fingerprint density at radius 1 is 1.27 bits per heavy atom. The minimum atomic E-state index is -0.548. The maximum Gasteiger partial charge on any atom is 0.272 e. The lowest BCUT2D eigenvalue weighted by Gasteiger charge is -2.28. The minimum Gasteiger partial charge on any atom is -0.496 e. The molecule has 0 aromatic heterocycles. The van der Waals surface area contributed by atoms with Gasteiger partial charge in [-0.05, 0) is 38.0 Å². The molecule has 0 radical (unpaired) electrons. The maximum absolute atomic E-state index is 13.1. The van der Waals surface area contributed by atoms with Crippen LogP contribution in [0.1, 0.15) is 34.3 Å². The van der Waals surface area contributed by atoms with Gasteiger partial charge in [0.15, 0.2) is 0 Å². The van der Waals surface area contributed by atoms with E-state index in [-0.39, 0.29) is 17.5 Å². The fourth-order valence-electron chi connectivity index (χ4n) is 3.85. The Balaban J connectivity index is 1.76. The molecule has 8 heteroatoms. The molecule has 0 spiro atoms. The highest BCUT2D eigenvalue weighted by Crippen LogP contribution is 2.26. The summed E-state index contributed by atoms with van der Waals surface area (Å²) < 4.78 is 5.36. The van der Waals surface area contributed by atoms with Crippen LogP contribution in [0.25, 0.3) is 0 Å². The van der Waals surface area contributed by atoms with Gasteiger partial charge in [-0.3, -0.25) is 19.7 Å². The first-order valence-electron chi connectivity index (χ1n) is 9.76. The summed E-state index contributed by atoms with van der Waals surface area (Å²) in [6, 6.07) is 11.3. The molecule has 30 heavy (non-hydrogen) atoms. The van der Waals surface area contributed by atoms with Crippen molar-refractivity contribution in [3.8, 4) is 5.75 Å². The summed E-state index contributed by atoms with van der Waals surface area (Å²) in [5, 5.41) is 11.0. The number of carbonyl (C=O) groups excluding carboxylic acids is 2. The molecule has 0 N–H and O–H groups in total. The number of benzene rings is 2. The summed E-state index contributed by atoms with van der Waals surface area (Å²) in [6.45, 7) is 2.45. The third kappa shape index (κ3) is 4.27. The second-order valence-corrected chi connectivity index (χ2v) is 7.42. The molecule has 158 valence electrons. The molecule has 1 saturated heterocycles. The predicted molar refractivity (Wildman–Crippen MR) is 111 cm³/mol. The van der Waals surface area contributed by atoms with Gasteiger partial charge in [0, 0.05) is 42.9 Å². The van der Waals surface area contributed by atoms with Crippen molar-refractivity contribution in [1.29, 1.82) is 0 Å². The number of amides is 2. The van der Waals surface area contributed by atoms with Crippen LogP contribution >= 0.6 is 0 Å². The number of methoxy groups -OCH3 is 1. The molecule has 1 fully saturated rings. The highest BCUT2D eigenvalue weighted by atomic mass is 16.6. The summed E-state index contributed by atoms with van der Waals surface area (Å²) in [5.74, 6) is 0.290. The highest BCUT2D eigenvalue weighted by molar-refractivity contribution is 5.98. The monoisotopic (exact) mass is 411 g/mol. The lowest BCUT2D eigenvalue weighted by Crippen LogP contribution is -2.46. The van der Waals surface area contributed by atoms with Gasteiger partial charge in [0.2, 0.25) is 5.91 Å². The van der Waals surface area contributed by atoms with Crippen molar-refractivity contribution >= 4 is 17.5 Å². The molecule has 2 amide bonds. The zero-order valence-electron chi connectivity index (χ0n) is 17.3. The first kappa shape index (κ1) is 21.3. The van der Waals surface area contributed by atoms with Crippen LogP contribution in [0.3, 0.4) is 0 Å². The van der Waals surface area contributed by atoms with E-state index in [0.29, 0.717) is 36.4 Å². The molecule has 1 aliphatic heterocycles. The molecular formula is C22H25N3O5. The smallest absolute Gasteiger partial charge is 0.272 e. The van der Waals surface area contributed by atoms with Crippen LogP contribution < -0.4 is 4.74 Å². The quantitative estimate of drug-likeness (QED) is 0.538. The molecule has 0 bridgehead atoms. The number of likely N-dealkylation sites (N-methyl/N-ethyl adjacent to an activating group) is 1. The summed E-state index contributed by atoms with van der Waals surface area (Å²) in [7, 11) is 3.30. The van der Waals surface area contributed by atoms with Gasteiger partial charge in [-0.2, -0.15) is 0 Å². The zero-order valence-corrected chi connectivity index (χ0v) is 17.3. The van der Waals surface area contributed by atoms with E-state index in [9.17, 15) is 19.7 Å². The van der Waals surface area contributed by atoms with Gasteiger partial charge in [-0.25, -0.2) is 0 Å². The number of hydrogen-bond acceptors (Lipinski definition) is 5. The number of aryl methyl sites for hydroxylation is 1. The van der Waals surface area contributed by atoms with Crippen LogP contribution in [-0.2, 0) is 11.3 Å². The van der Waals surface area contributed by atoms with Gasteiger partial charge in [-0.15, -0.1) is 0 Å². The summed E-state index contributed by atoms with van der Waals surface area (Å²) in [4.78, 5) is 39.9. The molecule has 2 aromatic rings. The van der Waals surface area contributed by atoms with Gasteiger partial charge in [0.1, 0.15) is 11.8 Å². The Labute approximate surface area is 175 Å². The average Bonchev–Trinajstić information content (AvgIpc) is 3.22. The van der Waals surface area contributed by atoms with Crippen molar-refractivity contribution in [2.75, 3.05) is 20.7 Å². The first-order valence-corrected chi connectivity index (χ1v) is 9.76. The molecule has 1 unspecified atom stereocenters. The molecule has 8 nitrogen and oxygen atoms in total. The molecule has 1 heterocycles. The fraction of sp³-hybridized carbons (Fsp3) is 0.364. The predicted octanol–water partition coefficient (Wildman–Crippen LogP) is 3.18. The Bertz CT molecular complexity index is 975. The summed E-state index contributed by atoms with van der Waals surface area (Å²) >= 11 is 0. The van der Waals surface area contributed by atoms with Crippen molar-refractivity contribution < 1.29 is 19.2 Å². The molecular weight excluding hydrogens is 386 g/mol. The Morgan fingerprint density at radius 3 is 2.67 bits per heavy atom. The van der Waals surface area contributed by atoms with Crippen molar-refractivity contribution in [1.82, 2.24) is 9.80 Å². The second-order valence-electron chi connectivity index (χ2n) is 7.42. The first-order chi connectivity index (χ1) is 14.3. The van der Waals surface area contributed by atoms with Crippen LogP contribution in [0, 0.1) is 17.0 Å². The Morgan fingerprint density at radius 2 is 2.00 bits per heavy atom. The lowest BCUT2D eigenvalue weighted by molar-refractivity contribution is -0.385. The van der Waals surface area contributed by atoms with E-state index in [1.54, 1.807) is 30.9 Å². The minimum absolute atomic E-state index is 0.0304. The van der Waals surface area contributed by atoms with E-state index in [4.69, 9.17) is 4.74 Å². The molecule has 3 rings (SSSR count). The number of nitro benzene ring substituents is 1. The van der Waals surface area contributed by atoms with Gasteiger partial charge >= 0.3 is 0 Å². The number of nitro groups is 1. The topological polar surface area (TPSA) is 93.0 Å². The molecule has 1 atom stereocenters. The van der Waals surface area contributed by atoms with Crippen LogP contribution in [0.2, 0.25) is 0 Å². The summed E-state index contributed by atoms with van der Waals surface area (Å²) in [5.41, 5.74) is 1.63. The van der Waals surface area contributed by atoms with Gasteiger partial charge < -0.3 is 14.5 Å². The number of carbonyl (C=O) groups is 2. The van der Waals surface area contributed by atoms with E-state index < -0.39 is 11.0 Å². The van der Waals surface area contributed by atoms with Crippen LogP contribution in [0.4, 0.5) is 5.69 Å². The van der Waals surface area contributed by atoms with E-state index >= 15 is 0 Å². The van der Waals surface area contributed by atoms with Crippen molar-refractivity contribution in [3.05, 3.63) is 69.3 Å². The van der Waals surface area contributed by atoms with E-state index in [2.05, 4.69) is 0 Å². The molecule has 0 saturated carbocycles. The number of ether oxygens (including phenoxy) is 1. The van der Waals surface area contributed by atoms with E-state index in [1.807, 2.05) is 24.3 Å². The average molecular weight is 411 g/mol. The van der Waals surface area contributed by atoms with Crippen molar-refractivity contribution in [3.63, 3.8) is 0 Å². The largest absolute Gasteiger partial charge is 0.496 e. The SMILES string of the molecule is COc1ccccc1CN(C)C(=O)C1CCCN1C(=O)c1ccc([N+](=O)[O-])c(C)c1. The van der Waals surface area contributed by atoms with Crippen LogP contribution in [-0.4, -0.2) is 53.3 Å². The van der Waals surface area contributed by atoms with Gasteiger partial charge in [0.05, 0.1) is 12.0 Å². The Kier molecular flexibility index (Phi) is 6.34. The summed E-state index contributed by atoms with van der Waals surface area (Å²) in [6.07, 6.45) is 1.32. The number of nitrogens with zero attached hydrogens (tertiary/aromatic N) is 3. The molecule has 0 aliphatic carbocycles. The normalized spacial score (nSPS) is 15.7. The third-order valence-electron chi connectivity index (χ3n) is 5.42. The highest BCUT2D eigenvalue weighted by Gasteiger charge is 2.36. The fourth-order valence-corrected chi connectivity index (χ4v) is 3.85. The van der Waals surface area contributed by atoms with Crippen molar-refractivity contribution in [2.24, 2.45) is 0 Å². The standard InChI is InChI=1S/C22H25N3O5/c1-15-13-16(10-11-18(15)25(28)29)21(26)24-12-6-8-19(24)22(27)23(2)14-17-7-4-5-9-20(17)30-3/h4-5,7,9-11,13,19H,6,8,12,14H2,1-3H3. The number of hydrogen-bond donors (Lipinski definition) is 0. The van der Waals surface area contributed by atoms with E-state index in [1.165, 1.54) is 18.2 Å². The zero-order chi connectivity index (χ0) is 21.8. The van der Waals surface area contributed by atoms with Gasteiger partial charge in [-0.1, -0.05) is 18.2 Å². The maximum atomic E-state index is 13.1. The number of likely N-dealkylation sites (tertiary alicyclic amines) is 1. The lowest BCUT2D eigenvalue weighted by atomic mass is 10.1. The van der Waals surface area contributed by atoms with Crippen molar-refractivity contribution in [2.45, 2.75) is 32.4 Å². The second kappa shape index (κ2) is 8.94. The number of rotatable bonds is 6. The third-order valence-corrected chi connectivity index (χ3v) is 5.42. The van der Waals surface area contributed by atoms with Crippen LogP contribution in [0.15, 0.2) is 42.5 Å². The number of para-hydroxylation sites is 1. The molecule has 2 aromatic carbocycles. The van der Waals surface area contributed by atoms with Gasteiger partial charge in [0.25, 0.3) is 11.6 Å².